The van der Waals surface area contributed by atoms with E-state index in [0.29, 0.717) is 29.8 Å². The van der Waals surface area contributed by atoms with Crippen molar-refractivity contribution in [2.45, 2.75) is 24.1 Å². The first-order valence-corrected chi connectivity index (χ1v) is 10.6. The minimum absolute atomic E-state index is 0.297. The molecule has 0 amide bonds. The molecule has 0 atom stereocenters. The van der Waals surface area contributed by atoms with Crippen LogP contribution in [0.4, 0.5) is 0 Å². The highest BCUT2D eigenvalue weighted by Crippen LogP contribution is 2.25. The van der Waals surface area contributed by atoms with Gasteiger partial charge in [0.25, 0.3) is 0 Å². The van der Waals surface area contributed by atoms with E-state index < -0.39 is 0 Å². The Hall–Kier alpha value is -3.03. The predicted octanol–water partition coefficient (Wildman–Crippen LogP) is 5.64. The number of hydrogen-bond donors (Lipinski definition) is 0. The summed E-state index contributed by atoms with van der Waals surface area (Å²) in [5.74, 6) is 2.66. The highest BCUT2D eigenvalue weighted by atomic mass is 35.5. The van der Waals surface area contributed by atoms with Crippen molar-refractivity contribution in [1.82, 2.24) is 19.7 Å². The molecular weight excluding hydrogens is 420 g/mol. The summed E-state index contributed by atoms with van der Waals surface area (Å²) in [6, 6.07) is 17.0. The van der Waals surface area contributed by atoms with Gasteiger partial charge < -0.3 is 9.15 Å². The number of allylic oxidation sites excluding steroid dienone is 1. The van der Waals surface area contributed by atoms with Crippen LogP contribution in [-0.2, 0) is 18.9 Å². The smallest absolute Gasteiger partial charge is 0.226 e. The second-order valence-electron chi connectivity index (χ2n) is 6.34. The van der Waals surface area contributed by atoms with Crippen LogP contribution in [0.1, 0.15) is 11.5 Å². The summed E-state index contributed by atoms with van der Waals surface area (Å²) >= 11 is 7.45. The minimum Gasteiger partial charge on any atom is -0.486 e. The normalized spacial score (nSPS) is 10.8. The van der Waals surface area contributed by atoms with Crippen molar-refractivity contribution in [3.8, 4) is 17.2 Å². The fourth-order valence-electron chi connectivity index (χ4n) is 2.75. The van der Waals surface area contributed by atoms with E-state index in [9.17, 15) is 0 Å². The van der Waals surface area contributed by atoms with Crippen LogP contribution in [0.5, 0.6) is 5.75 Å². The van der Waals surface area contributed by atoms with Crippen LogP contribution in [0, 0.1) is 0 Å². The number of hydrogen-bond acceptors (Lipinski definition) is 6. The van der Waals surface area contributed by atoms with Crippen molar-refractivity contribution in [2.75, 3.05) is 0 Å². The van der Waals surface area contributed by atoms with E-state index in [1.54, 1.807) is 18.4 Å². The average Bonchev–Trinajstić information content (AvgIpc) is 3.40. The van der Waals surface area contributed by atoms with E-state index in [2.05, 4.69) is 21.8 Å². The molecule has 2 heterocycles. The molecule has 0 aliphatic carbocycles. The molecule has 0 bridgehead atoms. The lowest BCUT2D eigenvalue weighted by Crippen LogP contribution is -2.07. The molecule has 0 saturated heterocycles. The molecule has 30 heavy (non-hydrogen) atoms. The first-order chi connectivity index (χ1) is 14.7. The zero-order valence-electron chi connectivity index (χ0n) is 16.1. The summed E-state index contributed by atoms with van der Waals surface area (Å²) in [5.41, 5.74) is 1.79. The SMILES string of the molecule is C=CCn1c(COc2ccc(Cl)cc2)nnc1SCc1coc(-c2ccccc2)n1. The maximum Gasteiger partial charge on any atom is 0.226 e. The predicted molar refractivity (Wildman–Crippen MR) is 118 cm³/mol. The van der Waals surface area contributed by atoms with Crippen molar-refractivity contribution in [2.24, 2.45) is 0 Å². The van der Waals surface area contributed by atoms with E-state index >= 15 is 0 Å². The van der Waals surface area contributed by atoms with Gasteiger partial charge in [0.05, 0.1) is 5.69 Å². The number of rotatable bonds is 9. The van der Waals surface area contributed by atoms with Gasteiger partial charge in [-0.1, -0.05) is 47.6 Å². The zero-order valence-corrected chi connectivity index (χ0v) is 17.6. The monoisotopic (exact) mass is 438 g/mol. The van der Waals surface area contributed by atoms with E-state index in [4.69, 9.17) is 20.8 Å². The molecule has 0 N–H and O–H groups in total. The molecule has 4 aromatic rings. The molecule has 0 spiro atoms. The Labute approximate surface area is 183 Å². The summed E-state index contributed by atoms with van der Waals surface area (Å²) in [5, 5.41) is 10.0. The van der Waals surface area contributed by atoms with Gasteiger partial charge in [0.15, 0.2) is 11.0 Å². The Morgan fingerprint density at radius 1 is 1.10 bits per heavy atom. The standard InChI is InChI=1S/C22H19ClN4O2S/c1-2-12-27-20(14-28-19-10-8-17(23)9-11-19)25-26-22(27)30-15-18-13-29-21(24-18)16-6-4-3-5-7-16/h2-11,13H,1,12,14-15H2. The van der Waals surface area contributed by atoms with Gasteiger partial charge in [0, 0.05) is 22.9 Å². The third kappa shape index (κ3) is 4.93. The van der Waals surface area contributed by atoms with Crippen LogP contribution in [0.2, 0.25) is 5.02 Å². The Morgan fingerprint density at radius 2 is 1.90 bits per heavy atom. The van der Waals surface area contributed by atoms with E-state index in [1.807, 2.05) is 53.1 Å². The highest BCUT2D eigenvalue weighted by Gasteiger charge is 2.14. The van der Waals surface area contributed by atoms with Gasteiger partial charge in [-0.25, -0.2) is 4.98 Å². The number of oxazole rings is 1. The van der Waals surface area contributed by atoms with Gasteiger partial charge in [-0.15, -0.1) is 16.8 Å². The summed E-state index contributed by atoms with van der Waals surface area (Å²) in [6.07, 6.45) is 3.48. The quantitative estimate of drug-likeness (QED) is 0.249. The van der Waals surface area contributed by atoms with Gasteiger partial charge in [0.1, 0.15) is 18.6 Å². The van der Waals surface area contributed by atoms with Gasteiger partial charge in [-0.05, 0) is 36.4 Å². The van der Waals surface area contributed by atoms with Crippen LogP contribution in [0.25, 0.3) is 11.5 Å². The first-order valence-electron chi connectivity index (χ1n) is 9.27. The van der Waals surface area contributed by atoms with Gasteiger partial charge in [0.2, 0.25) is 5.89 Å². The van der Waals surface area contributed by atoms with Crippen molar-refractivity contribution in [1.29, 1.82) is 0 Å². The molecule has 0 unspecified atom stereocenters. The highest BCUT2D eigenvalue weighted by molar-refractivity contribution is 7.98. The molecule has 0 fully saturated rings. The maximum atomic E-state index is 5.91. The molecule has 0 radical (unpaired) electrons. The second kappa shape index (κ2) is 9.65. The lowest BCUT2D eigenvalue weighted by Gasteiger charge is -2.09. The number of ether oxygens (including phenoxy) is 1. The van der Waals surface area contributed by atoms with E-state index in [1.165, 1.54) is 11.8 Å². The summed E-state index contributed by atoms with van der Waals surface area (Å²) in [4.78, 5) is 4.56. The molecular formula is C22H19ClN4O2S. The fraction of sp³-hybridized carbons (Fsp3) is 0.136. The van der Waals surface area contributed by atoms with Crippen LogP contribution in [0.15, 0.2) is 83.1 Å². The van der Waals surface area contributed by atoms with Crippen LogP contribution in [-0.4, -0.2) is 19.7 Å². The number of thioether (sulfide) groups is 1. The van der Waals surface area contributed by atoms with E-state index in [0.717, 1.165) is 28.0 Å². The fourth-order valence-corrected chi connectivity index (χ4v) is 3.72. The average molecular weight is 439 g/mol. The van der Waals surface area contributed by atoms with Gasteiger partial charge >= 0.3 is 0 Å². The molecule has 0 aliphatic heterocycles. The molecule has 152 valence electrons. The molecule has 8 heteroatoms. The molecule has 0 aliphatic rings. The van der Waals surface area contributed by atoms with Crippen molar-refractivity contribution in [3.05, 3.63) is 90.1 Å². The van der Waals surface area contributed by atoms with Crippen LogP contribution >= 0.6 is 23.4 Å². The first kappa shape index (κ1) is 20.3. The topological polar surface area (TPSA) is 66.0 Å². The Kier molecular flexibility index (Phi) is 6.51. The number of halogens is 1. The lowest BCUT2D eigenvalue weighted by molar-refractivity contribution is 0.289. The summed E-state index contributed by atoms with van der Waals surface area (Å²) in [7, 11) is 0. The molecule has 6 nitrogen and oxygen atoms in total. The van der Waals surface area contributed by atoms with Crippen LogP contribution in [0.3, 0.4) is 0 Å². The minimum atomic E-state index is 0.297. The maximum absolute atomic E-state index is 5.91. The zero-order chi connectivity index (χ0) is 20.8. The third-order valence-electron chi connectivity index (χ3n) is 4.21. The number of nitrogens with zero attached hydrogens (tertiary/aromatic N) is 4. The van der Waals surface area contributed by atoms with Crippen molar-refractivity contribution >= 4 is 23.4 Å². The van der Waals surface area contributed by atoms with Gasteiger partial charge in [-0.2, -0.15) is 0 Å². The Morgan fingerprint density at radius 3 is 2.67 bits per heavy atom. The van der Waals surface area contributed by atoms with E-state index in [-0.39, 0.29) is 0 Å². The molecule has 2 aromatic heterocycles. The third-order valence-corrected chi connectivity index (χ3v) is 5.46. The van der Waals surface area contributed by atoms with Gasteiger partial charge in [-0.3, -0.25) is 4.57 Å². The van der Waals surface area contributed by atoms with Crippen molar-refractivity contribution < 1.29 is 9.15 Å². The van der Waals surface area contributed by atoms with Crippen molar-refractivity contribution in [3.63, 3.8) is 0 Å². The summed E-state index contributed by atoms with van der Waals surface area (Å²) in [6.45, 7) is 4.72. The summed E-state index contributed by atoms with van der Waals surface area (Å²) < 4.78 is 13.4. The molecule has 0 saturated carbocycles. The second-order valence-corrected chi connectivity index (χ2v) is 7.72. The Bertz CT molecular complexity index is 1110. The largest absolute Gasteiger partial charge is 0.486 e. The lowest BCUT2D eigenvalue weighted by atomic mass is 10.2. The number of benzene rings is 2. The Balaban J connectivity index is 1.42. The molecule has 4 rings (SSSR count). The van der Waals surface area contributed by atoms with Crippen LogP contribution < -0.4 is 4.74 Å². The number of aromatic nitrogens is 4. The molecule has 2 aromatic carbocycles.